The number of carbonyl (C=O) groups is 1. The molecule has 2 atom stereocenters. The van der Waals surface area contributed by atoms with Gasteiger partial charge in [0.15, 0.2) is 0 Å². The molecule has 0 spiro atoms. The molecule has 4 heterocycles. The van der Waals surface area contributed by atoms with E-state index in [1.165, 1.54) is 6.07 Å². The van der Waals surface area contributed by atoms with Crippen LogP contribution < -0.4 is 10.1 Å². The number of hydrogen-bond donors (Lipinski definition) is 2. The summed E-state index contributed by atoms with van der Waals surface area (Å²) in [5, 5.41) is 22.0. The Morgan fingerprint density at radius 2 is 2.10 bits per heavy atom. The second-order valence-electron chi connectivity index (χ2n) is 10.8. The summed E-state index contributed by atoms with van der Waals surface area (Å²) < 4.78 is 27.8. The molecule has 0 aliphatic carbocycles. The smallest absolute Gasteiger partial charge is 0.335 e. The molecule has 11 heteroatoms. The molecule has 2 N–H and O–H groups in total. The van der Waals surface area contributed by atoms with Crippen LogP contribution in [0.4, 0.5) is 10.2 Å². The average molecular weight is 571 g/mol. The first-order valence-electron chi connectivity index (χ1n) is 14.0. The zero-order valence-corrected chi connectivity index (χ0v) is 23.2. The van der Waals surface area contributed by atoms with Crippen molar-refractivity contribution >= 4 is 22.8 Å². The molecule has 2 saturated heterocycles. The molecule has 2 fully saturated rings. The second-order valence-corrected chi connectivity index (χ2v) is 10.8. The van der Waals surface area contributed by atoms with E-state index in [1.807, 2.05) is 25.1 Å². The van der Waals surface area contributed by atoms with Crippen molar-refractivity contribution < 1.29 is 23.8 Å². The number of benzene rings is 2. The third kappa shape index (κ3) is 5.91. The zero-order chi connectivity index (χ0) is 29.2. The second kappa shape index (κ2) is 11.8. The molecule has 0 amide bonds. The SMILES string of the molecule is Cc1cc(C(=O)O)cc2c1nc(CN1CC[C@@H](Nc3cccc(OCc4ccc(C#N)cc4F)n3)C1)n2C[C@@H]1CCO1. The Kier molecular flexibility index (Phi) is 7.73. The lowest BCUT2D eigenvalue weighted by molar-refractivity contribution is -0.0591. The number of fused-ring (bicyclic) bond motifs is 1. The van der Waals surface area contributed by atoms with E-state index in [1.54, 1.807) is 30.3 Å². The highest BCUT2D eigenvalue weighted by Crippen LogP contribution is 2.27. The fourth-order valence-corrected chi connectivity index (χ4v) is 5.49. The molecule has 216 valence electrons. The first kappa shape index (κ1) is 27.6. The molecule has 42 heavy (non-hydrogen) atoms. The van der Waals surface area contributed by atoms with E-state index in [0.29, 0.717) is 30.4 Å². The van der Waals surface area contributed by atoms with E-state index in [-0.39, 0.29) is 29.9 Å². The van der Waals surface area contributed by atoms with Gasteiger partial charge in [-0.2, -0.15) is 10.2 Å². The number of halogens is 1. The van der Waals surface area contributed by atoms with Crippen LogP contribution in [-0.2, 0) is 24.4 Å². The Labute approximate surface area is 242 Å². The standard InChI is InChI=1S/C31H31FN6O4/c1-19-11-22(31(39)40)13-26-30(19)36-28(38(26)16-24-8-10-41-24)17-37-9-7-23(15-37)34-27-3-2-4-29(35-27)42-18-21-6-5-20(14-33)12-25(21)32/h2-6,11-13,23-24H,7-10,15-18H2,1H3,(H,34,35)(H,39,40)/t23-,24+/m1/s1. The van der Waals surface area contributed by atoms with Crippen LogP contribution in [0, 0.1) is 24.1 Å². The summed E-state index contributed by atoms with van der Waals surface area (Å²) in [6, 6.07) is 15.2. The maximum atomic E-state index is 14.2. The number of nitrogens with zero attached hydrogens (tertiary/aromatic N) is 5. The van der Waals surface area contributed by atoms with Crippen molar-refractivity contribution in [3.8, 4) is 11.9 Å². The molecule has 4 aromatic rings. The highest BCUT2D eigenvalue weighted by Gasteiger charge is 2.27. The minimum absolute atomic E-state index is 0.00549. The van der Waals surface area contributed by atoms with Gasteiger partial charge >= 0.3 is 5.97 Å². The molecule has 6 rings (SSSR count). The maximum Gasteiger partial charge on any atom is 0.335 e. The summed E-state index contributed by atoms with van der Waals surface area (Å²) in [6.45, 7) is 5.59. The molecule has 10 nitrogen and oxygen atoms in total. The van der Waals surface area contributed by atoms with Gasteiger partial charge in [-0.05, 0) is 55.7 Å². The third-order valence-electron chi connectivity index (χ3n) is 7.82. The molecule has 2 aromatic heterocycles. The lowest BCUT2D eigenvalue weighted by Gasteiger charge is -2.28. The zero-order valence-electron chi connectivity index (χ0n) is 23.2. The van der Waals surface area contributed by atoms with Gasteiger partial charge in [0.05, 0.1) is 47.4 Å². The van der Waals surface area contributed by atoms with Crippen molar-refractivity contribution in [2.24, 2.45) is 0 Å². The predicted molar refractivity (Wildman–Crippen MR) is 153 cm³/mol. The highest BCUT2D eigenvalue weighted by molar-refractivity contribution is 5.94. The van der Waals surface area contributed by atoms with Gasteiger partial charge in [-0.15, -0.1) is 0 Å². The van der Waals surface area contributed by atoms with E-state index in [4.69, 9.17) is 19.7 Å². The van der Waals surface area contributed by atoms with E-state index < -0.39 is 11.8 Å². The topological polar surface area (TPSA) is 126 Å². The molecule has 0 unspecified atom stereocenters. The number of ether oxygens (including phenoxy) is 2. The Balaban J connectivity index is 1.11. The van der Waals surface area contributed by atoms with Crippen LogP contribution in [0.15, 0.2) is 48.5 Å². The normalized spacial score (nSPS) is 18.5. The van der Waals surface area contributed by atoms with Crippen LogP contribution in [0.1, 0.15) is 45.7 Å². The van der Waals surface area contributed by atoms with Crippen LogP contribution in [0.2, 0.25) is 0 Å². The number of likely N-dealkylation sites (tertiary alicyclic amines) is 1. The summed E-state index contributed by atoms with van der Waals surface area (Å²) in [5.41, 5.74) is 3.37. The van der Waals surface area contributed by atoms with Gasteiger partial charge in [0, 0.05) is 37.4 Å². The number of aromatic nitrogens is 3. The Morgan fingerprint density at radius 3 is 2.83 bits per heavy atom. The molecular weight excluding hydrogens is 539 g/mol. The molecule has 2 aliphatic heterocycles. The van der Waals surface area contributed by atoms with Gasteiger partial charge in [0.25, 0.3) is 0 Å². The van der Waals surface area contributed by atoms with Gasteiger partial charge in [0.2, 0.25) is 5.88 Å². The quantitative estimate of drug-likeness (QED) is 0.283. The van der Waals surface area contributed by atoms with E-state index in [9.17, 15) is 14.3 Å². The van der Waals surface area contributed by atoms with E-state index >= 15 is 0 Å². The number of aryl methyl sites for hydroxylation is 1. The van der Waals surface area contributed by atoms with Crippen LogP contribution in [0.25, 0.3) is 11.0 Å². The summed E-state index contributed by atoms with van der Waals surface area (Å²) in [5.74, 6) is 0.510. The van der Waals surface area contributed by atoms with Crippen molar-refractivity contribution in [3.63, 3.8) is 0 Å². The van der Waals surface area contributed by atoms with Crippen molar-refractivity contribution in [2.45, 2.75) is 51.6 Å². The molecule has 0 radical (unpaired) electrons. The van der Waals surface area contributed by atoms with Gasteiger partial charge < -0.3 is 24.5 Å². The largest absolute Gasteiger partial charge is 0.478 e. The molecule has 0 saturated carbocycles. The number of imidazole rings is 1. The van der Waals surface area contributed by atoms with Crippen molar-refractivity contribution in [1.82, 2.24) is 19.4 Å². The molecule has 2 aliphatic rings. The monoisotopic (exact) mass is 570 g/mol. The fourth-order valence-electron chi connectivity index (χ4n) is 5.49. The lowest BCUT2D eigenvalue weighted by atomic mass is 10.1. The minimum Gasteiger partial charge on any atom is -0.478 e. The van der Waals surface area contributed by atoms with Gasteiger partial charge in [-0.3, -0.25) is 4.90 Å². The lowest BCUT2D eigenvalue weighted by Crippen LogP contribution is -2.33. The third-order valence-corrected chi connectivity index (χ3v) is 7.82. The first-order chi connectivity index (χ1) is 20.4. The predicted octanol–water partition coefficient (Wildman–Crippen LogP) is 4.50. The van der Waals surface area contributed by atoms with Crippen LogP contribution >= 0.6 is 0 Å². The first-order valence-corrected chi connectivity index (χ1v) is 14.0. The summed E-state index contributed by atoms with van der Waals surface area (Å²) in [7, 11) is 0. The molecule has 2 aromatic carbocycles. The van der Waals surface area contributed by atoms with Gasteiger partial charge in [0.1, 0.15) is 24.1 Å². The Hall–Kier alpha value is -4.53. The summed E-state index contributed by atoms with van der Waals surface area (Å²) >= 11 is 0. The number of hydrogen-bond acceptors (Lipinski definition) is 8. The number of anilines is 1. The number of rotatable bonds is 10. The molecular formula is C31H31FN6O4. The van der Waals surface area contributed by atoms with Gasteiger partial charge in [-0.25, -0.2) is 14.2 Å². The maximum absolute atomic E-state index is 14.2. The highest BCUT2D eigenvalue weighted by atomic mass is 19.1. The minimum atomic E-state index is -0.952. The average Bonchev–Trinajstić information content (AvgIpc) is 3.54. The van der Waals surface area contributed by atoms with E-state index in [0.717, 1.165) is 55.0 Å². The number of aromatic carboxylic acids is 1. The number of carboxylic acid groups (broad SMARTS) is 1. The van der Waals surface area contributed by atoms with Crippen LogP contribution in [0.3, 0.4) is 0 Å². The van der Waals surface area contributed by atoms with E-state index in [2.05, 4.69) is 19.8 Å². The van der Waals surface area contributed by atoms with Crippen molar-refractivity contribution in [2.75, 3.05) is 25.0 Å². The van der Waals surface area contributed by atoms with Crippen molar-refractivity contribution in [1.29, 1.82) is 5.26 Å². The van der Waals surface area contributed by atoms with Gasteiger partial charge in [-0.1, -0.05) is 12.1 Å². The Bertz CT molecular complexity index is 1680. The molecule has 0 bridgehead atoms. The Morgan fingerprint density at radius 1 is 1.24 bits per heavy atom. The summed E-state index contributed by atoms with van der Waals surface area (Å²) in [4.78, 5) is 23.5. The number of nitriles is 1. The fraction of sp³-hybridized carbons (Fsp3) is 0.355. The number of nitrogens with one attached hydrogen (secondary N) is 1. The number of pyridine rings is 1. The van der Waals surface area contributed by atoms with Crippen molar-refractivity contribution in [3.05, 3.63) is 82.4 Å². The summed E-state index contributed by atoms with van der Waals surface area (Å²) in [6.07, 6.45) is 2.00. The van der Waals surface area contributed by atoms with Crippen LogP contribution in [0.5, 0.6) is 5.88 Å². The van der Waals surface area contributed by atoms with Crippen LogP contribution in [-0.4, -0.2) is 62.4 Å². The number of carboxylic acids is 1.